The minimum atomic E-state index is -4.23. The minimum Gasteiger partial charge on any atom is -0.462 e. The van der Waals surface area contributed by atoms with E-state index in [1.54, 1.807) is 44.2 Å². The van der Waals surface area contributed by atoms with E-state index in [0.29, 0.717) is 0 Å². The van der Waals surface area contributed by atoms with E-state index in [2.05, 4.69) is 20.0 Å². The summed E-state index contributed by atoms with van der Waals surface area (Å²) in [5.41, 5.74) is 5.23. The first-order valence-electron chi connectivity index (χ1n) is 12.0. The van der Waals surface area contributed by atoms with Crippen molar-refractivity contribution < 1.29 is 33.0 Å². The number of nitrogen functional groups attached to an aromatic ring is 1. The van der Waals surface area contributed by atoms with Gasteiger partial charge in [0, 0.05) is 0 Å². The Labute approximate surface area is 228 Å². The number of anilines is 1. The second-order valence-corrected chi connectivity index (χ2v) is 11.9. The molecule has 14 nitrogen and oxygen atoms in total. The van der Waals surface area contributed by atoms with E-state index >= 15 is 0 Å². The Morgan fingerprint density at radius 2 is 2.05 bits per heavy atom. The van der Waals surface area contributed by atoms with Crippen molar-refractivity contribution in [2.45, 2.75) is 63.2 Å². The molecule has 1 aliphatic rings. The van der Waals surface area contributed by atoms with Gasteiger partial charge in [-0.05, 0) is 39.8 Å². The molecular formula is C23H30ClN6O8P. The Hall–Kier alpha value is -3.00. The van der Waals surface area contributed by atoms with Crippen molar-refractivity contribution in [3.8, 4) is 5.75 Å². The van der Waals surface area contributed by atoms with Crippen molar-refractivity contribution in [1.82, 2.24) is 24.6 Å². The SMILES string of the molecule is CC(C)OC(=O)C(C)NP(=O)(OCC1OC(n2cnc3c(=O)[nH]c(N)nc32)C(C)(Cl)C1O)Oc1ccccc1. The van der Waals surface area contributed by atoms with Gasteiger partial charge in [-0.15, -0.1) is 11.6 Å². The maximum atomic E-state index is 13.8. The van der Waals surface area contributed by atoms with Crippen molar-refractivity contribution in [3.63, 3.8) is 0 Å². The number of aliphatic hydroxyl groups excluding tert-OH is 1. The van der Waals surface area contributed by atoms with E-state index < -0.39 is 61.3 Å². The number of H-pyrrole nitrogens is 1. The van der Waals surface area contributed by atoms with Gasteiger partial charge >= 0.3 is 13.7 Å². The number of nitrogens with one attached hydrogen (secondary N) is 2. The number of imidazole rings is 1. The average Bonchev–Trinajstić information content (AvgIpc) is 3.36. The summed E-state index contributed by atoms with van der Waals surface area (Å²) in [7, 11) is -4.23. The molecule has 1 fully saturated rings. The molecule has 3 aromatic rings. The van der Waals surface area contributed by atoms with Crippen molar-refractivity contribution in [1.29, 1.82) is 0 Å². The quantitative estimate of drug-likeness (QED) is 0.154. The summed E-state index contributed by atoms with van der Waals surface area (Å²) in [6, 6.07) is 7.15. The highest BCUT2D eigenvalue weighted by molar-refractivity contribution is 7.52. The summed E-state index contributed by atoms with van der Waals surface area (Å²) in [4.78, 5) is 33.6. The maximum absolute atomic E-state index is 13.8. The fourth-order valence-corrected chi connectivity index (χ4v) is 5.77. The number of para-hydroxylation sites is 1. The number of benzene rings is 1. The van der Waals surface area contributed by atoms with Crippen LogP contribution in [0.2, 0.25) is 0 Å². The Bertz CT molecular complexity index is 1430. The number of aliphatic hydroxyl groups is 1. The van der Waals surface area contributed by atoms with Crippen molar-refractivity contribution in [2.75, 3.05) is 12.3 Å². The van der Waals surface area contributed by atoms with E-state index in [1.165, 1.54) is 24.7 Å². The number of carbonyl (C=O) groups excluding carboxylic acids is 1. The van der Waals surface area contributed by atoms with Crippen LogP contribution in [0, 0.1) is 0 Å². The van der Waals surface area contributed by atoms with Gasteiger partial charge in [-0.1, -0.05) is 18.2 Å². The predicted octanol–water partition coefficient (Wildman–Crippen LogP) is 2.09. The van der Waals surface area contributed by atoms with Crippen LogP contribution >= 0.6 is 19.3 Å². The lowest BCUT2D eigenvalue weighted by molar-refractivity contribution is -0.149. The van der Waals surface area contributed by atoms with Crippen molar-refractivity contribution >= 4 is 42.4 Å². The number of nitrogens with zero attached hydrogens (tertiary/aromatic N) is 3. The molecule has 3 heterocycles. The molecule has 0 aliphatic carbocycles. The second kappa shape index (κ2) is 11.2. The molecule has 1 aromatic carbocycles. The molecular weight excluding hydrogens is 555 g/mol. The molecule has 0 saturated carbocycles. The monoisotopic (exact) mass is 584 g/mol. The van der Waals surface area contributed by atoms with Crippen LogP contribution in [0.5, 0.6) is 5.75 Å². The van der Waals surface area contributed by atoms with Gasteiger partial charge in [0.25, 0.3) is 5.56 Å². The van der Waals surface area contributed by atoms with Gasteiger partial charge in [-0.3, -0.25) is 23.7 Å². The van der Waals surface area contributed by atoms with E-state index in [1.807, 2.05) is 0 Å². The van der Waals surface area contributed by atoms with E-state index in [-0.39, 0.29) is 22.9 Å². The molecule has 2 aromatic heterocycles. The zero-order valence-corrected chi connectivity index (χ0v) is 23.3. The third-order valence-corrected chi connectivity index (χ3v) is 7.91. The normalized spacial score (nSPS) is 25.5. The molecule has 1 saturated heterocycles. The molecule has 212 valence electrons. The number of aromatic nitrogens is 4. The lowest BCUT2D eigenvalue weighted by atomic mass is 10.0. The number of nitrogens with two attached hydrogens (primary N) is 1. The van der Waals surface area contributed by atoms with Crippen LogP contribution in [-0.4, -0.2) is 66.4 Å². The number of carbonyl (C=O) groups is 1. The number of halogens is 1. The highest BCUT2D eigenvalue weighted by Gasteiger charge is 2.54. The van der Waals surface area contributed by atoms with Gasteiger partial charge in [0.2, 0.25) is 5.95 Å². The third-order valence-electron chi connectivity index (χ3n) is 5.86. The zero-order chi connectivity index (χ0) is 28.5. The molecule has 6 unspecified atom stereocenters. The predicted molar refractivity (Wildman–Crippen MR) is 141 cm³/mol. The molecule has 0 amide bonds. The first-order valence-corrected chi connectivity index (χ1v) is 13.9. The number of hydrogen-bond donors (Lipinski definition) is 4. The Balaban J connectivity index is 1.56. The van der Waals surface area contributed by atoms with Gasteiger partial charge in [-0.2, -0.15) is 10.1 Å². The topological polar surface area (TPSA) is 193 Å². The summed E-state index contributed by atoms with van der Waals surface area (Å²) in [6.45, 7) is 5.89. The number of esters is 1. The average molecular weight is 585 g/mol. The van der Waals surface area contributed by atoms with E-state index in [4.69, 9.17) is 35.9 Å². The highest BCUT2D eigenvalue weighted by Crippen LogP contribution is 2.48. The Kier molecular flexibility index (Phi) is 8.36. The van der Waals surface area contributed by atoms with Crippen LogP contribution < -0.4 is 20.9 Å². The molecule has 0 radical (unpaired) electrons. The van der Waals surface area contributed by atoms with Gasteiger partial charge < -0.3 is 24.8 Å². The lowest BCUT2D eigenvalue weighted by Gasteiger charge is -2.26. The van der Waals surface area contributed by atoms with Gasteiger partial charge in [0.05, 0.1) is 19.0 Å². The number of aromatic amines is 1. The summed E-state index contributed by atoms with van der Waals surface area (Å²) >= 11 is 6.70. The number of hydrogen-bond acceptors (Lipinski definition) is 11. The minimum absolute atomic E-state index is 0.00156. The van der Waals surface area contributed by atoms with Crippen LogP contribution in [-0.2, 0) is 23.4 Å². The Morgan fingerprint density at radius 3 is 2.72 bits per heavy atom. The van der Waals surface area contributed by atoms with Crippen molar-refractivity contribution in [2.24, 2.45) is 0 Å². The van der Waals surface area contributed by atoms with Crippen LogP contribution in [0.1, 0.15) is 33.9 Å². The molecule has 39 heavy (non-hydrogen) atoms. The van der Waals surface area contributed by atoms with E-state index in [0.717, 1.165) is 0 Å². The summed E-state index contributed by atoms with van der Waals surface area (Å²) in [5.74, 6) is -0.589. The zero-order valence-electron chi connectivity index (χ0n) is 21.6. The molecule has 0 bridgehead atoms. The van der Waals surface area contributed by atoms with Crippen LogP contribution in [0.25, 0.3) is 11.2 Å². The largest absolute Gasteiger partial charge is 0.462 e. The number of alkyl halides is 1. The molecule has 5 N–H and O–H groups in total. The van der Waals surface area contributed by atoms with Gasteiger partial charge in [0.1, 0.15) is 28.9 Å². The smallest absolute Gasteiger partial charge is 0.459 e. The number of ether oxygens (including phenoxy) is 2. The lowest BCUT2D eigenvalue weighted by Crippen LogP contribution is -2.40. The molecule has 6 atom stereocenters. The standard InChI is InChI=1S/C23H30ClN6O8P/c1-12(2)36-20(33)13(3)29-39(34,38-14-8-6-5-7-9-14)35-10-15-17(31)23(4,24)21(37-15)30-11-26-16-18(30)27-22(25)28-19(16)32/h5-9,11-13,15,17,21,31H,10H2,1-4H3,(H,29,34)(H3,25,27,28,32). The van der Waals surface area contributed by atoms with Gasteiger partial charge in [0.15, 0.2) is 17.4 Å². The first-order chi connectivity index (χ1) is 18.3. The van der Waals surface area contributed by atoms with Crippen LogP contribution in [0.3, 0.4) is 0 Å². The highest BCUT2D eigenvalue weighted by atomic mass is 35.5. The first kappa shape index (κ1) is 29.0. The number of rotatable bonds is 10. The van der Waals surface area contributed by atoms with Crippen LogP contribution in [0.15, 0.2) is 41.5 Å². The molecule has 16 heteroatoms. The molecule has 1 aliphatic heterocycles. The van der Waals surface area contributed by atoms with Crippen LogP contribution in [0.4, 0.5) is 5.95 Å². The Morgan fingerprint density at radius 1 is 1.36 bits per heavy atom. The maximum Gasteiger partial charge on any atom is 0.459 e. The summed E-state index contributed by atoms with van der Waals surface area (Å²) in [6.07, 6.45) is -2.61. The fourth-order valence-electron chi connectivity index (χ4n) is 3.97. The molecule has 4 rings (SSSR count). The molecule has 0 spiro atoms. The van der Waals surface area contributed by atoms with Gasteiger partial charge in [-0.25, -0.2) is 9.55 Å². The number of fused-ring (bicyclic) bond motifs is 1. The van der Waals surface area contributed by atoms with Crippen molar-refractivity contribution in [3.05, 3.63) is 47.0 Å². The van der Waals surface area contributed by atoms with E-state index in [9.17, 15) is 19.3 Å². The summed E-state index contributed by atoms with van der Waals surface area (Å²) in [5, 5.41) is 13.6. The summed E-state index contributed by atoms with van der Waals surface area (Å²) < 4.78 is 37.6. The third kappa shape index (κ3) is 6.26. The second-order valence-electron chi connectivity index (χ2n) is 9.43. The fraction of sp³-hybridized carbons (Fsp3) is 0.478.